The number of nitrogens with zero attached hydrogens (tertiary/aromatic N) is 4. The lowest BCUT2D eigenvalue weighted by Gasteiger charge is -2.13. The average molecular weight is 499 g/mol. The van der Waals surface area contributed by atoms with Crippen LogP contribution in [0, 0.1) is 0 Å². The lowest BCUT2D eigenvalue weighted by atomic mass is 10.1. The lowest BCUT2D eigenvalue weighted by molar-refractivity contribution is -0.116. The summed E-state index contributed by atoms with van der Waals surface area (Å²) in [5.74, 6) is -0.00461. The second-order valence-corrected chi connectivity index (χ2v) is 8.53. The molecule has 11 nitrogen and oxygen atoms in total. The van der Waals surface area contributed by atoms with E-state index >= 15 is 0 Å². The molecule has 11 heteroatoms. The first kappa shape index (κ1) is 27.0. The largest absolute Gasteiger partial charge is 0.461 e. The molecule has 0 aliphatic heterocycles. The number of anilines is 1. The van der Waals surface area contributed by atoms with Crippen molar-refractivity contribution < 1.29 is 19.1 Å². The number of hydrogen-bond donors (Lipinski definition) is 2. The van der Waals surface area contributed by atoms with Crippen molar-refractivity contribution in [2.24, 2.45) is 0 Å². The molecule has 0 fully saturated rings. The maximum atomic E-state index is 12.8. The van der Waals surface area contributed by atoms with E-state index in [4.69, 9.17) is 9.47 Å². The molecule has 1 aromatic carbocycles. The van der Waals surface area contributed by atoms with Gasteiger partial charge >= 0.3 is 11.7 Å². The summed E-state index contributed by atoms with van der Waals surface area (Å²) in [5.41, 5.74) is 1.58. The van der Waals surface area contributed by atoms with Gasteiger partial charge < -0.3 is 24.7 Å². The van der Waals surface area contributed by atoms with Gasteiger partial charge in [0.15, 0.2) is 11.5 Å². The monoisotopic (exact) mass is 498 g/mol. The Morgan fingerprint density at radius 1 is 1.17 bits per heavy atom. The van der Waals surface area contributed by atoms with Gasteiger partial charge in [0.05, 0.1) is 13.2 Å². The number of aromatic nitrogens is 4. The maximum absolute atomic E-state index is 12.8. The number of carbonyl (C=O) groups is 2. The van der Waals surface area contributed by atoms with Crippen LogP contribution < -0.4 is 15.7 Å². The molecule has 2 N–H and O–H groups in total. The molecule has 3 aromatic rings. The Bertz CT molecular complexity index is 1200. The number of ether oxygens (including phenoxy) is 2. The zero-order valence-corrected chi connectivity index (χ0v) is 21.1. The van der Waals surface area contributed by atoms with Crippen molar-refractivity contribution in [2.75, 3.05) is 45.8 Å². The number of methoxy groups -OCH3 is 1. The normalized spacial score (nSPS) is 11.2. The van der Waals surface area contributed by atoms with Crippen LogP contribution in [-0.2, 0) is 16.1 Å². The number of benzene rings is 1. The number of aldehydes is 1. The molecule has 0 saturated heterocycles. The summed E-state index contributed by atoms with van der Waals surface area (Å²) in [6.07, 6.45) is 3.82. The van der Waals surface area contributed by atoms with Crippen LogP contribution in [0.4, 0.5) is 5.82 Å². The number of fused-ring (bicyclic) bond motifs is 1. The van der Waals surface area contributed by atoms with Crippen LogP contribution in [0.15, 0.2) is 29.1 Å². The summed E-state index contributed by atoms with van der Waals surface area (Å²) in [7, 11) is 3.63. The molecule has 2 aromatic heterocycles. The quantitative estimate of drug-likeness (QED) is 0.241. The summed E-state index contributed by atoms with van der Waals surface area (Å²) in [5, 5.41) is 2.81. The minimum absolute atomic E-state index is 0.0292. The van der Waals surface area contributed by atoms with E-state index in [-0.39, 0.29) is 30.9 Å². The van der Waals surface area contributed by atoms with Gasteiger partial charge in [-0.05, 0) is 38.5 Å². The number of unbranched alkanes of at least 4 members (excludes halogenated alkanes) is 2. The van der Waals surface area contributed by atoms with Crippen LogP contribution in [0.2, 0.25) is 0 Å². The highest BCUT2D eigenvalue weighted by Gasteiger charge is 2.18. The molecule has 0 saturated carbocycles. The Balaban J connectivity index is 1.80. The Hall–Kier alpha value is -3.57. The molecule has 0 spiro atoms. The molecule has 0 atom stereocenters. The summed E-state index contributed by atoms with van der Waals surface area (Å²) in [6.45, 7) is 4.87. The van der Waals surface area contributed by atoms with E-state index in [1.165, 1.54) is 4.57 Å². The smallest absolute Gasteiger partial charge is 0.328 e. The number of carbonyl (C=O) groups excluding carboxylic acids is 2. The fraction of sp³-hybridized carbons (Fsp3) is 0.480. The minimum Gasteiger partial charge on any atom is -0.461 e. The molecule has 1 amide bonds. The summed E-state index contributed by atoms with van der Waals surface area (Å²) in [4.78, 5) is 50.1. The fourth-order valence-corrected chi connectivity index (χ4v) is 3.61. The van der Waals surface area contributed by atoms with E-state index in [0.29, 0.717) is 29.8 Å². The number of H-pyrrole nitrogens is 1. The third-order valence-corrected chi connectivity index (χ3v) is 5.82. The molecular formula is C25H34N6O5. The molecule has 194 valence electrons. The Morgan fingerprint density at radius 2 is 1.94 bits per heavy atom. The topological polar surface area (TPSA) is 131 Å². The highest BCUT2D eigenvalue weighted by Crippen LogP contribution is 2.22. The average Bonchev–Trinajstić information content (AvgIpc) is 3.19. The van der Waals surface area contributed by atoms with Crippen molar-refractivity contribution >= 4 is 29.2 Å². The molecule has 0 aliphatic rings. The second-order valence-electron chi connectivity index (χ2n) is 8.53. The van der Waals surface area contributed by atoms with Crippen molar-refractivity contribution in [3.8, 4) is 6.01 Å². The van der Waals surface area contributed by atoms with Crippen LogP contribution in [0.5, 0.6) is 6.01 Å². The number of hydrogen-bond acceptors (Lipinski definition) is 8. The van der Waals surface area contributed by atoms with Gasteiger partial charge in [-0.3, -0.25) is 14.2 Å². The van der Waals surface area contributed by atoms with E-state index in [2.05, 4.69) is 39.1 Å². The van der Waals surface area contributed by atoms with Crippen LogP contribution >= 0.6 is 0 Å². The third-order valence-electron chi connectivity index (χ3n) is 5.82. The first-order valence-electron chi connectivity index (χ1n) is 12.1. The zero-order valence-electron chi connectivity index (χ0n) is 21.1. The molecule has 0 radical (unpaired) electrons. The number of imidazole rings is 1. The Kier molecular flexibility index (Phi) is 10.1. The van der Waals surface area contributed by atoms with E-state index in [9.17, 15) is 14.4 Å². The van der Waals surface area contributed by atoms with Gasteiger partial charge in [0.1, 0.15) is 18.4 Å². The minimum atomic E-state index is -0.400. The molecule has 0 bridgehead atoms. The Labute approximate surface area is 209 Å². The van der Waals surface area contributed by atoms with Gasteiger partial charge in [-0.1, -0.05) is 37.6 Å². The molecule has 0 aliphatic carbocycles. The summed E-state index contributed by atoms with van der Waals surface area (Å²) < 4.78 is 12.1. The Morgan fingerprint density at radius 3 is 2.64 bits per heavy atom. The van der Waals surface area contributed by atoms with Crippen molar-refractivity contribution in [1.29, 1.82) is 0 Å². The molecule has 3 rings (SSSR count). The first-order chi connectivity index (χ1) is 17.4. The van der Waals surface area contributed by atoms with Crippen molar-refractivity contribution in [1.82, 2.24) is 24.4 Å². The van der Waals surface area contributed by atoms with E-state index in [1.807, 2.05) is 0 Å². The fourth-order valence-electron chi connectivity index (χ4n) is 3.61. The molecular weight excluding hydrogens is 464 g/mol. The number of aromatic amines is 1. The van der Waals surface area contributed by atoms with Crippen LogP contribution in [0.1, 0.15) is 48.5 Å². The van der Waals surface area contributed by atoms with Crippen LogP contribution in [-0.4, -0.2) is 77.1 Å². The summed E-state index contributed by atoms with van der Waals surface area (Å²) >= 11 is 0. The zero-order chi connectivity index (χ0) is 25.9. The lowest BCUT2D eigenvalue weighted by Crippen LogP contribution is -2.19. The van der Waals surface area contributed by atoms with Gasteiger partial charge in [0.2, 0.25) is 5.91 Å². The summed E-state index contributed by atoms with van der Waals surface area (Å²) in [6, 6.07) is 6.94. The van der Waals surface area contributed by atoms with Crippen LogP contribution in [0.3, 0.4) is 0 Å². The van der Waals surface area contributed by atoms with E-state index in [1.54, 1.807) is 31.4 Å². The molecule has 36 heavy (non-hydrogen) atoms. The molecule has 2 heterocycles. The van der Waals surface area contributed by atoms with Gasteiger partial charge in [-0.25, -0.2) is 4.79 Å². The highest BCUT2D eigenvalue weighted by atomic mass is 16.5. The van der Waals surface area contributed by atoms with Crippen molar-refractivity contribution in [2.45, 2.75) is 39.2 Å². The molecule has 0 unspecified atom stereocenters. The van der Waals surface area contributed by atoms with E-state index < -0.39 is 5.69 Å². The SMILES string of the molecule is CCN(C)CCCCCC(=O)Nc1nc(OCCOC)nc2c1[nH]c(=O)n2Cc1ccc(C=O)cc1. The number of amides is 1. The van der Waals surface area contributed by atoms with Gasteiger partial charge in [0, 0.05) is 19.1 Å². The third kappa shape index (κ3) is 7.46. The number of rotatable bonds is 15. The number of nitrogens with one attached hydrogen (secondary N) is 2. The van der Waals surface area contributed by atoms with Crippen LogP contribution in [0.25, 0.3) is 11.2 Å². The van der Waals surface area contributed by atoms with Gasteiger partial charge in [-0.2, -0.15) is 9.97 Å². The second kappa shape index (κ2) is 13.5. The standard InChI is InChI=1S/C25H34N6O5/c1-4-30(2)13-7-5-6-8-20(33)26-22-21-23(29-24(28-22)36-15-14-35-3)31(25(34)27-21)16-18-9-11-19(17-32)12-10-18/h9-12,17H,4-8,13-16H2,1-3H3,(H,27,34)(H,26,28,29,33). The highest BCUT2D eigenvalue weighted by molar-refractivity contribution is 5.97. The predicted octanol–water partition coefficient (Wildman–Crippen LogP) is 2.46. The predicted molar refractivity (Wildman–Crippen MR) is 137 cm³/mol. The van der Waals surface area contributed by atoms with Gasteiger partial charge in [-0.15, -0.1) is 0 Å². The maximum Gasteiger partial charge on any atom is 0.328 e. The van der Waals surface area contributed by atoms with Crippen molar-refractivity contribution in [3.63, 3.8) is 0 Å². The van der Waals surface area contributed by atoms with Crippen molar-refractivity contribution in [3.05, 3.63) is 45.9 Å². The van der Waals surface area contributed by atoms with Gasteiger partial charge in [0.25, 0.3) is 0 Å². The van der Waals surface area contributed by atoms with E-state index in [0.717, 1.165) is 44.2 Å². The first-order valence-corrected chi connectivity index (χ1v) is 12.1.